The third-order valence-corrected chi connectivity index (χ3v) is 4.29. The zero-order valence-corrected chi connectivity index (χ0v) is 9.81. The molecule has 1 saturated heterocycles. The van der Waals surface area contributed by atoms with Crippen molar-refractivity contribution in [2.45, 2.75) is 19.8 Å². The van der Waals surface area contributed by atoms with Crippen molar-refractivity contribution in [2.75, 3.05) is 18.0 Å². The highest BCUT2D eigenvalue weighted by atomic mass is 32.1. The second kappa shape index (κ2) is 3.53. The molecule has 1 aromatic heterocycles. The Morgan fingerprint density at radius 2 is 2.00 bits per heavy atom. The number of thiophene rings is 1. The van der Waals surface area contributed by atoms with Crippen LogP contribution in [0.5, 0.6) is 0 Å². The van der Waals surface area contributed by atoms with Crippen LogP contribution in [0.15, 0.2) is 23.6 Å². The first-order valence-electron chi connectivity index (χ1n) is 5.57. The number of rotatable bonds is 1. The van der Waals surface area contributed by atoms with Crippen LogP contribution < -0.4 is 4.90 Å². The van der Waals surface area contributed by atoms with Gasteiger partial charge in [-0.25, -0.2) is 0 Å². The molecule has 1 aliphatic heterocycles. The Bertz CT molecular complexity index is 480. The number of benzene rings is 1. The molecule has 0 N–H and O–H groups in total. The molecule has 2 aromatic rings. The molecule has 0 saturated carbocycles. The normalized spacial score (nSPS) is 16.5. The van der Waals surface area contributed by atoms with Crippen LogP contribution in [-0.2, 0) is 0 Å². The first-order valence-corrected chi connectivity index (χ1v) is 6.45. The lowest BCUT2D eigenvalue weighted by molar-refractivity contribution is 0.949. The predicted octanol–water partition coefficient (Wildman–Crippen LogP) is 3.81. The maximum absolute atomic E-state index is 2.49. The molecule has 3 rings (SSSR count). The number of aryl methyl sites for hydroxylation is 1. The van der Waals surface area contributed by atoms with Gasteiger partial charge in [0, 0.05) is 23.5 Å². The van der Waals surface area contributed by atoms with Gasteiger partial charge >= 0.3 is 0 Å². The van der Waals surface area contributed by atoms with E-state index in [9.17, 15) is 0 Å². The van der Waals surface area contributed by atoms with Gasteiger partial charge in [0.25, 0.3) is 0 Å². The molecule has 78 valence electrons. The summed E-state index contributed by atoms with van der Waals surface area (Å²) in [6.45, 7) is 4.65. The van der Waals surface area contributed by atoms with Crippen molar-refractivity contribution >= 4 is 27.1 Å². The molecule has 1 aliphatic rings. The van der Waals surface area contributed by atoms with Crippen molar-refractivity contribution in [3.63, 3.8) is 0 Å². The Hall–Kier alpha value is -1.02. The average molecular weight is 217 g/mol. The van der Waals surface area contributed by atoms with Gasteiger partial charge in [-0.2, -0.15) is 0 Å². The summed E-state index contributed by atoms with van der Waals surface area (Å²) >= 11 is 1.86. The molecule has 1 aromatic carbocycles. The van der Waals surface area contributed by atoms with Crippen LogP contribution in [0.2, 0.25) is 0 Å². The average Bonchev–Trinajstić information content (AvgIpc) is 2.88. The molecule has 2 heteroatoms. The number of hydrogen-bond donors (Lipinski definition) is 0. The van der Waals surface area contributed by atoms with Gasteiger partial charge < -0.3 is 4.90 Å². The van der Waals surface area contributed by atoms with E-state index in [2.05, 4.69) is 35.4 Å². The van der Waals surface area contributed by atoms with Crippen LogP contribution >= 0.6 is 11.3 Å². The Labute approximate surface area is 94.3 Å². The van der Waals surface area contributed by atoms with Crippen LogP contribution in [0.25, 0.3) is 10.1 Å². The lowest BCUT2D eigenvalue weighted by Crippen LogP contribution is -2.17. The Balaban J connectivity index is 2.05. The standard InChI is InChI=1S/C13H15NS/c1-10-9-15-13-8-11(4-5-12(10)13)14-6-2-3-7-14/h4-5,8-9H,2-3,6-7H2,1H3. The minimum absolute atomic E-state index is 1.23. The van der Waals surface area contributed by atoms with E-state index in [-0.39, 0.29) is 0 Å². The van der Waals surface area contributed by atoms with E-state index >= 15 is 0 Å². The largest absolute Gasteiger partial charge is 0.371 e. The molecule has 0 amide bonds. The highest BCUT2D eigenvalue weighted by Crippen LogP contribution is 2.30. The summed E-state index contributed by atoms with van der Waals surface area (Å²) in [6, 6.07) is 6.89. The summed E-state index contributed by atoms with van der Waals surface area (Å²) in [6.07, 6.45) is 2.70. The minimum atomic E-state index is 1.23. The zero-order valence-electron chi connectivity index (χ0n) is 8.99. The first kappa shape index (κ1) is 9.22. The highest BCUT2D eigenvalue weighted by molar-refractivity contribution is 7.17. The summed E-state index contributed by atoms with van der Waals surface area (Å²) in [5.41, 5.74) is 2.81. The molecule has 15 heavy (non-hydrogen) atoms. The number of fused-ring (bicyclic) bond motifs is 1. The topological polar surface area (TPSA) is 3.24 Å². The first-order chi connectivity index (χ1) is 7.34. The van der Waals surface area contributed by atoms with Gasteiger partial charge in [-0.1, -0.05) is 6.07 Å². The lowest BCUT2D eigenvalue weighted by Gasteiger charge is -2.17. The SMILES string of the molecule is Cc1csc2cc(N3CCCC3)ccc12. The van der Waals surface area contributed by atoms with Crippen LogP contribution in [0.1, 0.15) is 18.4 Å². The Morgan fingerprint density at radius 1 is 1.20 bits per heavy atom. The molecule has 0 radical (unpaired) electrons. The molecular formula is C13H15NS. The van der Waals surface area contributed by atoms with E-state index in [4.69, 9.17) is 0 Å². The molecule has 2 heterocycles. The van der Waals surface area contributed by atoms with Gasteiger partial charge in [0.15, 0.2) is 0 Å². The molecule has 1 nitrogen and oxygen atoms in total. The summed E-state index contributed by atoms with van der Waals surface area (Å²) in [7, 11) is 0. The van der Waals surface area contributed by atoms with Crippen molar-refractivity contribution in [3.05, 3.63) is 29.1 Å². The van der Waals surface area contributed by atoms with Crippen molar-refractivity contribution in [1.82, 2.24) is 0 Å². The summed E-state index contributed by atoms with van der Waals surface area (Å²) in [5, 5.41) is 3.67. The van der Waals surface area contributed by atoms with Gasteiger partial charge in [0.05, 0.1) is 0 Å². The van der Waals surface area contributed by atoms with Crippen LogP contribution in [0.3, 0.4) is 0 Å². The Kier molecular flexibility index (Phi) is 2.17. The van der Waals surface area contributed by atoms with Crippen molar-refractivity contribution in [3.8, 4) is 0 Å². The molecule has 0 atom stereocenters. The maximum Gasteiger partial charge on any atom is 0.0380 e. The lowest BCUT2D eigenvalue weighted by atomic mass is 10.2. The molecule has 0 unspecified atom stereocenters. The highest BCUT2D eigenvalue weighted by Gasteiger charge is 2.12. The van der Waals surface area contributed by atoms with Crippen LogP contribution in [0, 0.1) is 6.92 Å². The molecular weight excluding hydrogens is 202 g/mol. The summed E-state index contributed by atoms with van der Waals surface area (Å²) < 4.78 is 1.43. The van der Waals surface area contributed by atoms with Gasteiger partial charge in [0.2, 0.25) is 0 Å². The van der Waals surface area contributed by atoms with Gasteiger partial charge in [0.1, 0.15) is 0 Å². The second-order valence-corrected chi connectivity index (χ2v) is 5.20. The van der Waals surface area contributed by atoms with E-state index in [1.807, 2.05) is 11.3 Å². The molecule has 0 bridgehead atoms. The van der Waals surface area contributed by atoms with Crippen LogP contribution in [-0.4, -0.2) is 13.1 Å². The van der Waals surface area contributed by atoms with E-state index in [1.54, 1.807) is 0 Å². The fourth-order valence-corrected chi connectivity index (χ4v) is 3.30. The predicted molar refractivity (Wildman–Crippen MR) is 68.0 cm³/mol. The minimum Gasteiger partial charge on any atom is -0.371 e. The van der Waals surface area contributed by atoms with Crippen LogP contribution in [0.4, 0.5) is 5.69 Å². The van der Waals surface area contributed by atoms with Crippen molar-refractivity contribution in [2.24, 2.45) is 0 Å². The number of anilines is 1. The van der Waals surface area contributed by atoms with Gasteiger partial charge in [-0.3, -0.25) is 0 Å². The molecule has 0 spiro atoms. The number of hydrogen-bond acceptors (Lipinski definition) is 2. The smallest absolute Gasteiger partial charge is 0.0380 e. The van der Waals surface area contributed by atoms with E-state index in [0.29, 0.717) is 0 Å². The number of nitrogens with zero attached hydrogens (tertiary/aromatic N) is 1. The fraction of sp³-hybridized carbons (Fsp3) is 0.385. The summed E-state index contributed by atoms with van der Waals surface area (Å²) in [4.78, 5) is 2.49. The molecule has 0 aliphatic carbocycles. The van der Waals surface area contributed by atoms with Gasteiger partial charge in [-0.05, 0) is 48.2 Å². The van der Waals surface area contributed by atoms with E-state index in [0.717, 1.165) is 0 Å². The van der Waals surface area contributed by atoms with E-state index < -0.39 is 0 Å². The summed E-state index contributed by atoms with van der Waals surface area (Å²) in [5.74, 6) is 0. The maximum atomic E-state index is 2.49. The Morgan fingerprint density at radius 3 is 2.80 bits per heavy atom. The van der Waals surface area contributed by atoms with E-state index in [1.165, 1.54) is 47.3 Å². The zero-order chi connectivity index (χ0) is 10.3. The quantitative estimate of drug-likeness (QED) is 0.702. The monoisotopic (exact) mass is 217 g/mol. The third-order valence-electron chi connectivity index (χ3n) is 3.22. The van der Waals surface area contributed by atoms with Gasteiger partial charge in [-0.15, -0.1) is 11.3 Å². The second-order valence-electron chi connectivity index (χ2n) is 4.29. The third kappa shape index (κ3) is 1.53. The van der Waals surface area contributed by atoms with Crippen molar-refractivity contribution in [1.29, 1.82) is 0 Å². The fourth-order valence-electron chi connectivity index (χ4n) is 2.32. The van der Waals surface area contributed by atoms with Crippen molar-refractivity contribution < 1.29 is 0 Å². The molecule has 1 fully saturated rings.